The summed E-state index contributed by atoms with van der Waals surface area (Å²) in [4.78, 5) is 12.2. The van der Waals surface area contributed by atoms with Crippen LogP contribution < -0.4 is 15.4 Å². The number of amides is 1. The molecule has 2 N–H and O–H groups in total. The number of hydrogen-bond donors (Lipinski definition) is 2. The third-order valence-corrected chi connectivity index (χ3v) is 4.10. The molecule has 1 amide bonds. The summed E-state index contributed by atoms with van der Waals surface area (Å²) >= 11 is 0. The van der Waals surface area contributed by atoms with Crippen LogP contribution in [0.25, 0.3) is 11.1 Å². The van der Waals surface area contributed by atoms with Crippen LogP contribution in [0.15, 0.2) is 36.4 Å². The molecule has 134 valence electrons. The lowest BCUT2D eigenvalue weighted by Gasteiger charge is -2.12. The molecule has 1 heterocycles. The van der Waals surface area contributed by atoms with Crippen LogP contribution in [-0.2, 0) is 0 Å². The van der Waals surface area contributed by atoms with Crippen molar-refractivity contribution in [1.29, 1.82) is 0 Å². The van der Waals surface area contributed by atoms with Gasteiger partial charge in [0.05, 0.1) is 12.7 Å². The molecule has 0 bridgehead atoms. The van der Waals surface area contributed by atoms with Gasteiger partial charge < -0.3 is 15.4 Å². The van der Waals surface area contributed by atoms with E-state index in [2.05, 4.69) is 10.6 Å². The zero-order valence-corrected chi connectivity index (χ0v) is 14.5. The zero-order chi connectivity index (χ0) is 17.1. The average molecular weight is 369 g/mol. The van der Waals surface area contributed by atoms with E-state index in [-0.39, 0.29) is 29.6 Å². The molecule has 0 aromatic heterocycles. The lowest BCUT2D eigenvalue weighted by Crippen LogP contribution is -2.36. The van der Waals surface area contributed by atoms with Crippen molar-refractivity contribution in [3.05, 3.63) is 53.6 Å². The average Bonchev–Trinajstić information content (AvgIpc) is 3.07. The van der Waals surface area contributed by atoms with Crippen LogP contribution in [0.4, 0.5) is 8.78 Å². The predicted octanol–water partition coefficient (Wildman–Crippen LogP) is 3.15. The maximum absolute atomic E-state index is 14.3. The Morgan fingerprint density at radius 3 is 2.60 bits per heavy atom. The van der Waals surface area contributed by atoms with E-state index >= 15 is 0 Å². The Labute approximate surface area is 151 Å². The van der Waals surface area contributed by atoms with Crippen molar-refractivity contribution in [3.8, 4) is 16.9 Å². The van der Waals surface area contributed by atoms with E-state index in [1.54, 1.807) is 6.07 Å². The number of ether oxygens (including phenoxy) is 1. The Balaban J connectivity index is 0.00000225. The molecule has 4 nitrogen and oxygen atoms in total. The fourth-order valence-electron chi connectivity index (χ4n) is 2.76. The van der Waals surface area contributed by atoms with Gasteiger partial charge in [0, 0.05) is 24.2 Å². The molecule has 2 aromatic carbocycles. The predicted molar refractivity (Wildman–Crippen MR) is 94.3 cm³/mol. The second kappa shape index (κ2) is 8.27. The first-order valence-corrected chi connectivity index (χ1v) is 7.73. The monoisotopic (exact) mass is 368 g/mol. The number of methoxy groups -OCH3 is 1. The number of carbonyl (C=O) groups is 1. The summed E-state index contributed by atoms with van der Waals surface area (Å²) in [6.45, 7) is 1.52. The van der Waals surface area contributed by atoms with Gasteiger partial charge in [-0.15, -0.1) is 12.4 Å². The number of benzene rings is 2. The lowest BCUT2D eigenvalue weighted by molar-refractivity contribution is 0.0936. The van der Waals surface area contributed by atoms with E-state index in [0.29, 0.717) is 17.9 Å². The molecule has 0 aliphatic carbocycles. The van der Waals surface area contributed by atoms with Crippen molar-refractivity contribution in [2.75, 3.05) is 20.2 Å². The Hall–Kier alpha value is -2.18. The standard InChI is InChI=1S/C18H18F2N2O2.ClH/c1-24-13-3-5-14(17(20)9-13)11-2-4-15(16(19)8-11)18(23)22-12-6-7-21-10-12;/h2-5,8-9,12,21H,6-7,10H2,1H3,(H,22,23);1H. The Morgan fingerprint density at radius 1 is 1.20 bits per heavy atom. The number of rotatable bonds is 4. The number of nitrogens with one attached hydrogen (secondary N) is 2. The minimum Gasteiger partial charge on any atom is -0.497 e. The lowest BCUT2D eigenvalue weighted by atomic mass is 10.0. The molecule has 0 radical (unpaired) electrons. The van der Waals surface area contributed by atoms with E-state index in [0.717, 1.165) is 13.0 Å². The van der Waals surface area contributed by atoms with Crippen molar-refractivity contribution < 1.29 is 18.3 Å². The van der Waals surface area contributed by atoms with E-state index < -0.39 is 17.5 Å². The van der Waals surface area contributed by atoms with E-state index in [9.17, 15) is 13.6 Å². The van der Waals surface area contributed by atoms with Gasteiger partial charge in [0.2, 0.25) is 0 Å². The molecule has 1 atom stereocenters. The molecule has 1 saturated heterocycles. The fraction of sp³-hybridized carbons (Fsp3) is 0.278. The smallest absolute Gasteiger partial charge is 0.254 e. The first kappa shape index (κ1) is 19.1. The maximum atomic E-state index is 14.3. The maximum Gasteiger partial charge on any atom is 0.254 e. The van der Waals surface area contributed by atoms with E-state index in [4.69, 9.17) is 4.74 Å². The number of hydrogen-bond acceptors (Lipinski definition) is 3. The van der Waals surface area contributed by atoms with Crippen molar-refractivity contribution in [2.24, 2.45) is 0 Å². The molecular formula is C18H19ClF2N2O2. The van der Waals surface area contributed by atoms with Gasteiger partial charge in [-0.25, -0.2) is 8.78 Å². The first-order valence-electron chi connectivity index (χ1n) is 7.73. The highest BCUT2D eigenvalue weighted by molar-refractivity contribution is 5.95. The van der Waals surface area contributed by atoms with E-state index in [1.165, 1.54) is 37.4 Å². The number of halogens is 3. The van der Waals surface area contributed by atoms with E-state index in [1.807, 2.05) is 0 Å². The van der Waals surface area contributed by atoms with Gasteiger partial charge in [0.1, 0.15) is 17.4 Å². The molecule has 7 heteroatoms. The molecule has 1 fully saturated rings. The van der Waals surface area contributed by atoms with Crippen molar-refractivity contribution in [2.45, 2.75) is 12.5 Å². The fourth-order valence-corrected chi connectivity index (χ4v) is 2.76. The van der Waals surface area contributed by atoms with Crippen LogP contribution in [0.1, 0.15) is 16.8 Å². The Kier molecular flexibility index (Phi) is 6.33. The summed E-state index contributed by atoms with van der Waals surface area (Å²) in [6.07, 6.45) is 0.822. The number of carbonyl (C=O) groups excluding carboxylic acids is 1. The van der Waals surface area contributed by atoms with Crippen LogP contribution in [0, 0.1) is 11.6 Å². The van der Waals surface area contributed by atoms with Gasteiger partial charge in [-0.05, 0) is 42.8 Å². The topological polar surface area (TPSA) is 50.4 Å². The third kappa shape index (κ3) is 4.27. The summed E-state index contributed by atoms with van der Waals surface area (Å²) in [5, 5.41) is 5.92. The summed E-state index contributed by atoms with van der Waals surface area (Å²) < 4.78 is 33.4. The van der Waals surface area contributed by atoms with Gasteiger partial charge in [-0.2, -0.15) is 0 Å². The summed E-state index contributed by atoms with van der Waals surface area (Å²) in [5.74, 6) is -1.25. The second-order valence-electron chi connectivity index (χ2n) is 5.70. The quantitative estimate of drug-likeness (QED) is 0.871. The Bertz CT molecular complexity index is 765. The summed E-state index contributed by atoms with van der Waals surface area (Å²) in [7, 11) is 1.45. The van der Waals surface area contributed by atoms with Gasteiger partial charge >= 0.3 is 0 Å². The summed E-state index contributed by atoms with van der Waals surface area (Å²) in [6, 6.07) is 8.46. The van der Waals surface area contributed by atoms with Crippen LogP contribution >= 0.6 is 12.4 Å². The molecule has 1 aliphatic heterocycles. The second-order valence-corrected chi connectivity index (χ2v) is 5.70. The largest absolute Gasteiger partial charge is 0.497 e. The van der Waals surface area contributed by atoms with Crippen molar-refractivity contribution in [3.63, 3.8) is 0 Å². The minimum absolute atomic E-state index is 0. The van der Waals surface area contributed by atoms with Gasteiger partial charge in [-0.3, -0.25) is 4.79 Å². The van der Waals surface area contributed by atoms with Crippen LogP contribution in [-0.4, -0.2) is 32.1 Å². The minimum atomic E-state index is -0.675. The molecule has 0 saturated carbocycles. The van der Waals surface area contributed by atoms with Gasteiger partial charge in [-0.1, -0.05) is 6.07 Å². The molecule has 3 rings (SSSR count). The molecule has 25 heavy (non-hydrogen) atoms. The molecule has 0 spiro atoms. The third-order valence-electron chi connectivity index (χ3n) is 4.10. The molecule has 2 aromatic rings. The molecular weight excluding hydrogens is 350 g/mol. The highest BCUT2D eigenvalue weighted by atomic mass is 35.5. The van der Waals surface area contributed by atoms with Crippen LogP contribution in [0.3, 0.4) is 0 Å². The summed E-state index contributed by atoms with van der Waals surface area (Å²) in [5.41, 5.74) is 0.577. The van der Waals surface area contributed by atoms with Crippen molar-refractivity contribution >= 4 is 18.3 Å². The van der Waals surface area contributed by atoms with Crippen LogP contribution in [0.5, 0.6) is 5.75 Å². The SMILES string of the molecule is COc1ccc(-c2ccc(C(=O)NC3CCNC3)c(F)c2)c(F)c1.Cl. The normalized spacial score (nSPS) is 16.2. The zero-order valence-electron chi connectivity index (χ0n) is 13.6. The Morgan fingerprint density at radius 2 is 2.00 bits per heavy atom. The van der Waals surface area contributed by atoms with Gasteiger partial charge in [0.25, 0.3) is 5.91 Å². The molecule has 1 unspecified atom stereocenters. The highest BCUT2D eigenvalue weighted by Gasteiger charge is 2.20. The first-order chi connectivity index (χ1) is 11.6. The highest BCUT2D eigenvalue weighted by Crippen LogP contribution is 2.27. The van der Waals surface area contributed by atoms with Crippen LogP contribution in [0.2, 0.25) is 0 Å². The van der Waals surface area contributed by atoms with Gasteiger partial charge in [0.15, 0.2) is 0 Å². The van der Waals surface area contributed by atoms with Crippen molar-refractivity contribution in [1.82, 2.24) is 10.6 Å². The molecule has 1 aliphatic rings.